The van der Waals surface area contributed by atoms with Gasteiger partial charge in [-0.3, -0.25) is 14.9 Å². The first-order valence-corrected chi connectivity index (χ1v) is 11.5. The van der Waals surface area contributed by atoms with Crippen LogP contribution in [-0.4, -0.2) is 53.9 Å². The molecule has 0 saturated carbocycles. The minimum absolute atomic E-state index is 0.310. The zero-order chi connectivity index (χ0) is 24.9. The number of amidine groups is 1. The van der Waals surface area contributed by atoms with Crippen molar-refractivity contribution in [3.63, 3.8) is 0 Å². The first-order chi connectivity index (χ1) is 16.9. The Bertz CT molecular complexity index is 1290. The largest absolute Gasteiger partial charge is 0.493 e. The standard InChI is InChI=1S/C23H24N6O5S/c1-33-18-8-7-14(11-19(18)34-2)25-21(13-29(31)32)28-10-9-17-20(12-28)35-23(27-17)22(30)26-16-6-4-3-5-15(16)24/h3-8,11H,9-10,12-13,24H2,1-2H3,(H,26,30). The Morgan fingerprint density at radius 3 is 2.74 bits per heavy atom. The predicted molar refractivity (Wildman–Crippen MR) is 134 cm³/mol. The maximum absolute atomic E-state index is 12.7. The summed E-state index contributed by atoms with van der Waals surface area (Å²) in [6.07, 6.45) is 0.537. The molecule has 0 spiro atoms. The van der Waals surface area contributed by atoms with Crippen LogP contribution in [0.5, 0.6) is 11.5 Å². The third-order valence-electron chi connectivity index (χ3n) is 5.40. The summed E-state index contributed by atoms with van der Waals surface area (Å²) >= 11 is 1.26. The second-order valence-corrected chi connectivity index (χ2v) is 8.74. The molecule has 182 valence electrons. The molecule has 0 unspecified atom stereocenters. The number of nitrogens with zero attached hydrogens (tertiary/aromatic N) is 4. The molecule has 1 aliphatic heterocycles. The molecule has 0 atom stereocenters. The number of ether oxygens (including phenoxy) is 2. The Balaban J connectivity index is 1.56. The highest BCUT2D eigenvalue weighted by Gasteiger charge is 2.27. The summed E-state index contributed by atoms with van der Waals surface area (Å²) in [7, 11) is 3.04. The van der Waals surface area contributed by atoms with Gasteiger partial charge in [-0.25, -0.2) is 9.98 Å². The van der Waals surface area contributed by atoms with Crippen LogP contribution >= 0.6 is 11.3 Å². The number of thiazole rings is 1. The van der Waals surface area contributed by atoms with Crippen molar-refractivity contribution < 1.29 is 19.2 Å². The topological polar surface area (TPSA) is 145 Å². The summed E-state index contributed by atoms with van der Waals surface area (Å²) < 4.78 is 10.6. The van der Waals surface area contributed by atoms with E-state index in [9.17, 15) is 14.9 Å². The number of amides is 1. The van der Waals surface area contributed by atoms with Crippen LogP contribution in [0.25, 0.3) is 0 Å². The number of benzene rings is 2. The van der Waals surface area contributed by atoms with Gasteiger partial charge < -0.3 is 25.4 Å². The number of nitrogens with one attached hydrogen (secondary N) is 1. The number of hydrogen-bond donors (Lipinski definition) is 2. The number of nitrogen functional groups attached to an aromatic ring is 1. The lowest BCUT2D eigenvalue weighted by Gasteiger charge is -2.27. The number of aliphatic imine (C=N–C) groups is 1. The smallest absolute Gasteiger partial charge is 0.284 e. The van der Waals surface area contributed by atoms with Crippen LogP contribution in [0.1, 0.15) is 20.4 Å². The Morgan fingerprint density at radius 1 is 1.26 bits per heavy atom. The van der Waals surface area contributed by atoms with Gasteiger partial charge in [-0.1, -0.05) is 12.1 Å². The fourth-order valence-corrected chi connectivity index (χ4v) is 4.68. The van der Waals surface area contributed by atoms with Gasteiger partial charge in [-0.05, 0) is 24.3 Å². The van der Waals surface area contributed by atoms with E-state index in [2.05, 4.69) is 15.3 Å². The molecular weight excluding hydrogens is 472 g/mol. The maximum atomic E-state index is 12.7. The number of anilines is 2. The molecule has 2 aromatic carbocycles. The van der Waals surface area contributed by atoms with Crippen LogP contribution in [0.4, 0.5) is 17.1 Å². The summed E-state index contributed by atoms with van der Waals surface area (Å²) in [5.41, 5.74) is 8.21. The van der Waals surface area contributed by atoms with Crippen LogP contribution in [0.15, 0.2) is 47.5 Å². The molecule has 1 aromatic heterocycles. The monoisotopic (exact) mass is 496 g/mol. The van der Waals surface area contributed by atoms with Gasteiger partial charge in [-0.15, -0.1) is 11.3 Å². The number of rotatable bonds is 7. The molecule has 11 nitrogen and oxygen atoms in total. The number of hydrogen-bond acceptors (Lipinski definition) is 9. The Hall–Kier alpha value is -4.19. The molecule has 0 aliphatic carbocycles. The number of nitrogens with two attached hydrogens (primary N) is 1. The minimum atomic E-state index is -0.441. The van der Waals surface area contributed by atoms with Gasteiger partial charge in [0.25, 0.3) is 12.5 Å². The molecule has 0 bridgehead atoms. The first kappa shape index (κ1) is 24.0. The van der Waals surface area contributed by atoms with Crippen LogP contribution in [-0.2, 0) is 13.0 Å². The molecule has 1 amide bonds. The summed E-state index contributed by atoms with van der Waals surface area (Å²) in [4.78, 5) is 35.5. The summed E-state index contributed by atoms with van der Waals surface area (Å²) in [5.74, 6) is 0.979. The molecule has 0 radical (unpaired) electrons. The van der Waals surface area contributed by atoms with Crippen molar-refractivity contribution in [2.45, 2.75) is 13.0 Å². The highest BCUT2D eigenvalue weighted by molar-refractivity contribution is 7.13. The summed E-state index contributed by atoms with van der Waals surface area (Å²) in [5, 5.41) is 14.5. The fraction of sp³-hybridized carbons (Fsp3) is 0.261. The average Bonchev–Trinajstić information content (AvgIpc) is 3.28. The van der Waals surface area contributed by atoms with Gasteiger partial charge in [-0.2, -0.15) is 0 Å². The molecule has 0 saturated heterocycles. The molecule has 2 heterocycles. The van der Waals surface area contributed by atoms with Crippen molar-refractivity contribution in [3.8, 4) is 11.5 Å². The quantitative estimate of drug-likeness (QED) is 0.166. The number of carbonyl (C=O) groups is 1. The maximum Gasteiger partial charge on any atom is 0.284 e. The van der Waals surface area contributed by atoms with Gasteiger partial charge in [0.15, 0.2) is 22.3 Å². The van der Waals surface area contributed by atoms with E-state index in [1.54, 1.807) is 42.5 Å². The van der Waals surface area contributed by atoms with E-state index in [0.717, 1.165) is 10.6 Å². The van der Waals surface area contributed by atoms with Crippen molar-refractivity contribution in [2.24, 2.45) is 4.99 Å². The Morgan fingerprint density at radius 2 is 2.03 bits per heavy atom. The van der Waals surface area contributed by atoms with Crippen LogP contribution in [0.3, 0.4) is 0 Å². The lowest BCUT2D eigenvalue weighted by atomic mass is 10.1. The number of methoxy groups -OCH3 is 2. The molecule has 4 rings (SSSR count). The number of fused-ring (bicyclic) bond motifs is 1. The van der Waals surface area contributed by atoms with Crippen molar-refractivity contribution in [1.29, 1.82) is 0 Å². The summed E-state index contributed by atoms with van der Waals surface area (Å²) in [6, 6.07) is 12.1. The van der Waals surface area contributed by atoms with Crippen molar-refractivity contribution in [3.05, 3.63) is 68.2 Å². The van der Waals surface area contributed by atoms with Crippen molar-refractivity contribution in [2.75, 3.05) is 38.4 Å². The number of aromatic nitrogens is 1. The molecule has 35 heavy (non-hydrogen) atoms. The van der Waals surface area contributed by atoms with E-state index in [0.29, 0.717) is 58.9 Å². The Labute approximate surface area is 205 Å². The molecule has 1 aliphatic rings. The highest BCUT2D eigenvalue weighted by Crippen LogP contribution is 2.32. The van der Waals surface area contributed by atoms with E-state index < -0.39 is 11.5 Å². The van der Waals surface area contributed by atoms with Gasteiger partial charge >= 0.3 is 0 Å². The van der Waals surface area contributed by atoms with Crippen LogP contribution in [0, 0.1) is 10.1 Å². The van der Waals surface area contributed by atoms with Crippen LogP contribution in [0.2, 0.25) is 0 Å². The van der Waals surface area contributed by atoms with E-state index in [1.807, 2.05) is 4.90 Å². The van der Waals surface area contributed by atoms with E-state index in [1.165, 1.54) is 25.6 Å². The normalized spacial score (nSPS) is 13.2. The highest BCUT2D eigenvalue weighted by atomic mass is 32.1. The second-order valence-electron chi connectivity index (χ2n) is 7.66. The van der Waals surface area contributed by atoms with Crippen molar-refractivity contribution in [1.82, 2.24) is 9.88 Å². The number of carbonyl (C=O) groups excluding carboxylic acids is 1. The van der Waals surface area contributed by atoms with Gasteiger partial charge in [0.05, 0.1) is 43.5 Å². The van der Waals surface area contributed by atoms with E-state index in [4.69, 9.17) is 15.2 Å². The lowest BCUT2D eigenvalue weighted by Crippen LogP contribution is -2.39. The summed E-state index contributed by atoms with van der Waals surface area (Å²) in [6.45, 7) is 0.417. The average molecular weight is 497 g/mol. The van der Waals surface area contributed by atoms with Gasteiger partial charge in [0.1, 0.15) is 0 Å². The SMILES string of the molecule is COc1ccc(N=C(C[N+](=O)[O-])N2CCc3nc(C(=O)Nc4ccccc4N)sc3C2)cc1OC. The molecule has 12 heteroatoms. The molecule has 3 aromatic rings. The third kappa shape index (κ3) is 5.49. The van der Waals surface area contributed by atoms with E-state index >= 15 is 0 Å². The zero-order valence-electron chi connectivity index (χ0n) is 19.2. The minimum Gasteiger partial charge on any atom is -0.493 e. The first-order valence-electron chi connectivity index (χ1n) is 10.7. The lowest BCUT2D eigenvalue weighted by molar-refractivity contribution is -0.464. The van der Waals surface area contributed by atoms with E-state index in [-0.39, 0.29) is 5.91 Å². The third-order valence-corrected chi connectivity index (χ3v) is 6.48. The molecule has 0 fully saturated rings. The second kappa shape index (κ2) is 10.4. The predicted octanol–water partition coefficient (Wildman–Crippen LogP) is 3.36. The van der Waals surface area contributed by atoms with Gasteiger partial charge in [0, 0.05) is 28.8 Å². The van der Waals surface area contributed by atoms with Crippen LogP contribution < -0.4 is 20.5 Å². The Kier molecular flexibility index (Phi) is 7.11. The zero-order valence-corrected chi connectivity index (χ0v) is 20.0. The van der Waals surface area contributed by atoms with Gasteiger partial charge in [0.2, 0.25) is 0 Å². The number of para-hydroxylation sites is 2. The fourth-order valence-electron chi connectivity index (χ4n) is 3.66. The van der Waals surface area contributed by atoms with Crippen molar-refractivity contribution >= 4 is 40.1 Å². The molecular formula is C23H24N6O5S. The number of nitro groups is 1. The molecule has 3 N–H and O–H groups in total.